The van der Waals surface area contributed by atoms with E-state index in [0.717, 1.165) is 10.9 Å². The molecule has 4 rings (SSSR count). The summed E-state index contributed by atoms with van der Waals surface area (Å²) in [6.07, 6.45) is 1.92. The van der Waals surface area contributed by atoms with Crippen LogP contribution in [0.15, 0.2) is 42.6 Å². The van der Waals surface area contributed by atoms with Gasteiger partial charge in [-0.1, -0.05) is 24.3 Å². The molecule has 1 aromatic carbocycles. The fourth-order valence-corrected chi connectivity index (χ4v) is 2.95. The van der Waals surface area contributed by atoms with Crippen LogP contribution >= 0.6 is 0 Å². The molecule has 1 fully saturated rings. The molecule has 2 N–H and O–H groups in total. The van der Waals surface area contributed by atoms with Gasteiger partial charge in [-0.05, 0) is 12.1 Å². The third-order valence-corrected chi connectivity index (χ3v) is 4.24. The maximum atomic E-state index is 12.7. The number of hydrogen-bond acceptors (Lipinski definition) is 5. The predicted octanol–water partition coefficient (Wildman–Crippen LogP) is 1.09. The Bertz CT molecular complexity index is 864. The summed E-state index contributed by atoms with van der Waals surface area (Å²) in [5, 5.41) is 21.8. The van der Waals surface area contributed by atoms with Crippen molar-refractivity contribution in [3.8, 4) is 0 Å². The van der Waals surface area contributed by atoms with Crippen LogP contribution in [-0.4, -0.2) is 49.4 Å². The van der Waals surface area contributed by atoms with Crippen LogP contribution in [0.1, 0.15) is 22.6 Å². The molecule has 1 aliphatic rings. The second kappa shape index (κ2) is 5.13. The van der Waals surface area contributed by atoms with E-state index in [-0.39, 0.29) is 12.5 Å². The van der Waals surface area contributed by atoms with Crippen molar-refractivity contribution >= 4 is 16.8 Å². The van der Waals surface area contributed by atoms with Crippen molar-refractivity contribution in [2.45, 2.75) is 12.0 Å². The normalized spacial score (nSPS) is 21.0. The van der Waals surface area contributed by atoms with Crippen LogP contribution in [0.5, 0.6) is 0 Å². The number of nitrogens with zero attached hydrogens (tertiary/aromatic N) is 4. The Balaban J connectivity index is 1.59. The van der Waals surface area contributed by atoms with Gasteiger partial charge in [0, 0.05) is 18.4 Å². The summed E-state index contributed by atoms with van der Waals surface area (Å²) in [5.74, 6) is -0.185. The summed E-state index contributed by atoms with van der Waals surface area (Å²) in [5.41, 5.74) is 0.469. The Labute approximate surface area is 132 Å². The van der Waals surface area contributed by atoms with Crippen LogP contribution in [0, 0.1) is 0 Å². The number of rotatable bonds is 2. The van der Waals surface area contributed by atoms with Crippen LogP contribution in [0.25, 0.3) is 10.9 Å². The first kappa shape index (κ1) is 13.8. The van der Waals surface area contributed by atoms with Gasteiger partial charge in [0.2, 0.25) is 0 Å². The summed E-state index contributed by atoms with van der Waals surface area (Å²) >= 11 is 0. The van der Waals surface area contributed by atoms with E-state index in [4.69, 9.17) is 0 Å². The molecule has 23 heavy (non-hydrogen) atoms. The van der Waals surface area contributed by atoms with Gasteiger partial charge in [-0.15, -0.1) is 0 Å². The number of hydrogen-bond donors (Lipinski definition) is 2. The highest BCUT2D eigenvalue weighted by Gasteiger charge is 2.42. The lowest BCUT2D eigenvalue weighted by Crippen LogP contribution is -2.35. The third-order valence-electron chi connectivity index (χ3n) is 4.24. The van der Waals surface area contributed by atoms with Crippen molar-refractivity contribution in [3.05, 3.63) is 54.0 Å². The quantitative estimate of drug-likeness (QED) is 0.739. The smallest absolute Gasteiger partial charge is 0.272 e. The lowest BCUT2D eigenvalue weighted by Gasteiger charge is -2.20. The molecule has 0 spiro atoms. The monoisotopic (exact) mass is 309 g/mol. The standard InChI is InChI=1S/C16H15N5O2/c22-15(13-6-5-11-3-1-2-4-12(11)18-13)21-8-7-16(23,10-21)14-9-17-20-19-14/h1-6,9,23H,7-8,10H2,(H,17,19,20)/t16-/m0/s1. The average molecular weight is 309 g/mol. The lowest BCUT2D eigenvalue weighted by atomic mass is 10.00. The fourth-order valence-electron chi connectivity index (χ4n) is 2.95. The number of fused-ring (bicyclic) bond motifs is 1. The number of likely N-dealkylation sites (tertiary alicyclic amines) is 1. The number of H-pyrrole nitrogens is 1. The number of pyridine rings is 1. The zero-order chi connectivity index (χ0) is 15.9. The molecule has 0 bridgehead atoms. The van der Waals surface area contributed by atoms with Crippen molar-refractivity contribution in [3.63, 3.8) is 0 Å². The second-order valence-electron chi connectivity index (χ2n) is 5.75. The van der Waals surface area contributed by atoms with Crippen molar-refractivity contribution < 1.29 is 9.90 Å². The first-order valence-electron chi connectivity index (χ1n) is 7.39. The number of nitrogens with one attached hydrogen (secondary N) is 1. The highest BCUT2D eigenvalue weighted by Crippen LogP contribution is 2.30. The Morgan fingerprint density at radius 2 is 2.13 bits per heavy atom. The Hall–Kier alpha value is -2.80. The SMILES string of the molecule is O=C(c1ccc2ccccc2n1)N1CC[C@@](O)(c2cn[nH]n2)C1. The van der Waals surface area contributed by atoms with E-state index in [9.17, 15) is 9.90 Å². The minimum absolute atomic E-state index is 0.185. The summed E-state index contributed by atoms with van der Waals surface area (Å²) in [7, 11) is 0. The summed E-state index contributed by atoms with van der Waals surface area (Å²) in [6.45, 7) is 0.642. The Morgan fingerprint density at radius 1 is 1.26 bits per heavy atom. The third kappa shape index (κ3) is 2.35. The number of β-amino-alcohol motifs (C(OH)–C–C–N with tert-alkyl or cyclic N) is 1. The summed E-state index contributed by atoms with van der Waals surface area (Å²) in [4.78, 5) is 18.7. The fraction of sp³-hybridized carbons (Fsp3) is 0.250. The van der Waals surface area contributed by atoms with Gasteiger partial charge in [-0.2, -0.15) is 15.4 Å². The molecule has 0 unspecified atom stereocenters. The van der Waals surface area contributed by atoms with Gasteiger partial charge in [-0.3, -0.25) is 4.79 Å². The molecule has 1 atom stereocenters. The largest absolute Gasteiger partial charge is 0.381 e. The number of aliphatic hydroxyl groups is 1. The van der Waals surface area contributed by atoms with Crippen molar-refractivity contribution in [2.24, 2.45) is 0 Å². The van der Waals surface area contributed by atoms with Gasteiger partial charge in [0.15, 0.2) is 0 Å². The van der Waals surface area contributed by atoms with E-state index < -0.39 is 5.60 Å². The zero-order valence-electron chi connectivity index (χ0n) is 12.3. The van der Waals surface area contributed by atoms with Gasteiger partial charge in [0.1, 0.15) is 17.0 Å². The van der Waals surface area contributed by atoms with Crippen LogP contribution in [0.4, 0.5) is 0 Å². The molecule has 3 aromatic rings. The number of benzene rings is 1. The molecule has 1 amide bonds. The molecule has 3 heterocycles. The minimum atomic E-state index is -1.15. The van der Waals surface area contributed by atoms with Gasteiger partial charge in [0.05, 0.1) is 18.3 Å². The number of para-hydroxylation sites is 1. The van der Waals surface area contributed by atoms with E-state index in [0.29, 0.717) is 24.4 Å². The average Bonchev–Trinajstić information content (AvgIpc) is 3.24. The molecule has 1 aliphatic heterocycles. The number of aromatic amines is 1. The van der Waals surface area contributed by atoms with Crippen molar-refractivity contribution in [1.82, 2.24) is 25.3 Å². The van der Waals surface area contributed by atoms with Gasteiger partial charge >= 0.3 is 0 Å². The molecule has 0 aliphatic carbocycles. The number of amides is 1. The molecule has 1 saturated heterocycles. The summed E-state index contributed by atoms with van der Waals surface area (Å²) < 4.78 is 0. The molecule has 116 valence electrons. The highest BCUT2D eigenvalue weighted by atomic mass is 16.3. The number of carbonyl (C=O) groups is 1. The van der Waals surface area contributed by atoms with Gasteiger partial charge < -0.3 is 10.0 Å². The molecule has 2 aromatic heterocycles. The van der Waals surface area contributed by atoms with E-state index in [1.807, 2.05) is 30.3 Å². The van der Waals surface area contributed by atoms with Crippen LogP contribution < -0.4 is 0 Å². The predicted molar refractivity (Wildman–Crippen MR) is 82.5 cm³/mol. The van der Waals surface area contributed by atoms with Gasteiger partial charge in [0.25, 0.3) is 5.91 Å². The molecular weight excluding hydrogens is 294 g/mol. The van der Waals surface area contributed by atoms with E-state index in [1.54, 1.807) is 11.0 Å². The summed E-state index contributed by atoms with van der Waals surface area (Å²) in [6, 6.07) is 11.3. The lowest BCUT2D eigenvalue weighted by molar-refractivity contribution is 0.0380. The molecule has 7 nitrogen and oxygen atoms in total. The highest BCUT2D eigenvalue weighted by molar-refractivity contribution is 5.95. The van der Waals surface area contributed by atoms with Crippen molar-refractivity contribution in [1.29, 1.82) is 0 Å². The molecule has 7 heteroatoms. The molecule has 0 saturated carbocycles. The van der Waals surface area contributed by atoms with E-state index in [1.165, 1.54) is 6.20 Å². The first-order chi connectivity index (χ1) is 11.2. The first-order valence-corrected chi connectivity index (χ1v) is 7.39. The van der Waals surface area contributed by atoms with Crippen LogP contribution in [0.2, 0.25) is 0 Å². The Morgan fingerprint density at radius 3 is 2.96 bits per heavy atom. The number of aromatic nitrogens is 4. The zero-order valence-corrected chi connectivity index (χ0v) is 12.3. The Kier molecular flexibility index (Phi) is 3.09. The van der Waals surface area contributed by atoms with Gasteiger partial charge in [-0.25, -0.2) is 4.98 Å². The minimum Gasteiger partial charge on any atom is -0.381 e. The topological polar surface area (TPSA) is 95.0 Å². The maximum Gasteiger partial charge on any atom is 0.272 e. The van der Waals surface area contributed by atoms with E-state index >= 15 is 0 Å². The van der Waals surface area contributed by atoms with E-state index in [2.05, 4.69) is 20.4 Å². The van der Waals surface area contributed by atoms with Crippen molar-refractivity contribution in [2.75, 3.05) is 13.1 Å². The maximum absolute atomic E-state index is 12.7. The second-order valence-corrected chi connectivity index (χ2v) is 5.75. The molecule has 0 radical (unpaired) electrons. The van der Waals surface area contributed by atoms with Crippen LogP contribution in [-0.2, 0) is 5.60 Å². The number of carbonyl (C=O) groups excluding carboxylic acids is 1. The van der Waals surface area contributed by atoms with Crippen LogP contribution in [0.3, 0.4) is 0 Å². The molecular formula is C16H15N5O2.